The lowest BCUT2D eigenvalue weighted by Gasteiger charge is -2.16. The number of likely N-dealkylation sites (N-methyl/N-ethyl adjacent to an activating group) is 1. The highest BCUT2D eigenvalue weighted by Gasteiger charge is 2.08. The first kappa shape index (κ1) is 15.3. The van der Waals surface area contributed by atoms with Gasteiger partial charge in [-0.3, -0.25) is 0 Å². The summed E-state index contributed by atoms with van der Waals surface area (Å²) in [5.41, 5.74) is 2.70. The average Bonchev–Trinajstić information content (AvgIpc) is 2.49. The molecule has 3 heteroatoms. The Balaban J connectivity index is 1.99. The molecule has 0 saturated carbocycles. The van der Waals surface area contributed by atoms with E-state index in [-0.39, 0.29) is 0 Å². The Bertz CT molecular complexity index is 522. The number of halogens is 1. The Labute approximate surface area is 134 Å². The van der Waals surface area contributed by atoms with Crippen LogP contribution in [0.2, 0.25) is 0 Å². The van der Waals surface area contributed by atoms with Crippen LogP contribution in [0.4, 0.5) is 0 Å². The molecule has 106 valence electrons. The number of hydrogen-bond donors (Lipinski definition) is 1. The van der Waals surface area contributed by atoms with Crippen molar-refractivity contribution in [3.05, 3.63) is 63.2 Å². The second-order valence-electron chi connectivity index (χ2n) is 4.87. The van der Waals surface area contributed by atoms with Crippen molar-refractivity contribution >= 4 is 22.6 Å². The highest BCUT2D eigenvalue weighted by molar-refractivity contribution is 14.1. The molecule has 0 amide bonds. The van der Waals surface area contributed by atoms with E-state index >= 15 is 0 Å². The number of ether oxygens (including phenoxy) is 1. The van der Waals surface area contributed by atoms with Gasteiger partial charge in [0.2, 0.25) is 0 Å². The van der Waals surface area contributed by atoms with E-state index in [4.69, 9.17) is 4.74 Å². The first-order valence-electron chi connectivity index (χ1n) is 6.76. The van der Waals surface area contributed by atoms with Gasteiger partial charge in [-0.1, -0.05) is 24.3 Å². The van der Waals surface area contributed by atoms with Gasteiger partial charge in [0.25, 0.3) is 0 Å². The average molecular weight is 381 g/mol. The highest BCUT2D eigenvalue weighted by Crippen LogP contribution is 2.15. The zero-order chi connectivity index (χ0) is 14.4. The molecule has 2 aromatic carbocycles. The second kappa shape index (κ2) is 7.64. The number of nitrogens with one attached hydrogen (secondary N) is 1. The fourth-order valence-electron chi connectivity index (χ4n) is 2.23. The molecule has 2 aromatic rings. The van der Waals surface area contributed by atoms with Gasteiger partial charge in [0.15, 0.2) is 0 Å². The molecule has 0 saturated heterocycles. The molecule has 1 atom stereocenters. The largest absolute Gasteiger partial charge is 0.497 e. The molecule has 0 aliphatic carbocycles. The zero-order valence-electron chi connectivity index (χ0n) is 11.9. The topological polar surface area (TPSA) is 21.3 Å². The van der Waals surface area contributed by atoms with E-state index in [0.717, 1.165) is 18.6 Å². The minimum atomic E-state index is 0.448. The molecule has 0 radical (unpaired) electrons. The van der Waals surface area contributed by atoms with E-state index in [0.29, 0.717) is 6.04 Å². The van der Waals surface area contributed by atoms with Crippen molar-refractivity contribution in [1.82, 2.24) is 5.32 Å². The number of rotatable bonds is 6. The fraction of sp³-hybridized carbons (Fsp3) is 0.294. The Morgan fingerprint density at radius 2 is 1.45 bits per heavy atom. The Morgan fingerprint density at radius 1 is 0.950 bits per heavy atom. The van der Waals surface area contributed by atoms with Crippen molar-refractivity contribution < 1.29 is 4.74 Å². The lowest BCUT2D eigenvalue weighted by Crippen LogP contribution is -2.29. The van der Waals surface area contributed by atoms with Crippen LogP contribution in [0.5, 0.6) is 5.75 Å². The summed E-state index contributed by atoms with van der Waals surface area (Å²) in [6, 6.07) is 17.5. The van der Waals surface area contributed by atoms with Crippen molar-refractivity contribution in [1.29, 1.82) is 0 Å². The Hall–Kier alpha value is -1.07. The van der Waals surface area contributed by atoms with Crippen LogP contribution in [0.1, 0.15) is 11.1 Å². The van der Waals surface area contributed by atoms with Gasteiger partial charge in [-0.2, -0.15) is 0 Å². The van der Waals surface area contributed by atoms with Crippen LogP contribution in [0, 0.1) is 3.57 Å². The number of benzene rings is 2. The number of methoxy groups -OCH3 is 1. The van der Waals surface area contributed by atoms with Crippen LogP contribution in [0.15, 0.2) is 48.5 Å². The van der Waals surface area contributed by atoms with Crippen LogP contribution < -0.4 is 10.1 Å². The summed E-state index contributed by atoms with van der Waals surface area (Å²) in [6.07, 6.45) is 2.06. The van der Waals surface area contributed by atoms with Gasteiger partial charge in [0, 0.05) is 9.61 Å². The smallest absolute Gasteiger partial charge is 0.118 e. The van der Waals surface area contributed by atoms with Crippen molar-refractivity contribution in [2.24, 2.45) is 0 Å². The van der Waals surface area contributed by atoms with E-state index in [9.17, 15) is 0 Å². The first-order chi connectivity index (χ1) is 9.71. The summed E-state index contributed by atoms with van der Waals surface area (Å²) in [4.78, 5) is 0. The summed E-state index contributed by atoms with van der Waals surface area (Å²) in [5, 5.41) is 3.41. The standard InChI is InChI=1S/C17H20INO/c1-19-16(11-13-3-7-15(18)8-4-13)12-14-5-9-17(20-2)10-6-14/h3-10,16,19H,11-12H2,1-2H3. The molecule has 0 aliphatic rings. The van der Waals surface area contributed by atoms with Crippen molar-refractivity contribution in [2.75, 3.05) is 14.2 Å². The predicted molar refractivity (Wildman–Crippen MR) is 92.4 cm³/mol. The molecule has 0 bridgehead atoms. The van der Waals surface area contributed by atoms with Gasteiger partial charge in [0.1, 0.15) is 5.75 Å². The van der Waals surface area contributed by atoms with Gasteiger partial charge in [-0.25, -0.2) is 0 Å². The zero-order valence-corrected chi connectivity index (χ0v) is 14.1. The molecule has 2 nitrogen and oxygen atoms in total. The van der Waals surface area contributed by atoms with Crippen LogP contribution in [0.3, 0.4) is 0 Å². The third-order valence-electron chi connectivity index (χ3n) is 3.44. The maximum atomic E-state index is 5.19. The molecule has 20 heavy (non-hydrogen) atoms. The third-order valence-corrected chi connectivity index (χ3v) is 4.16. The van der Waals surface area contributed by atoms with Crippen molar-refractivity contribution in [3.63, 3.8) is 0 Å². The summed E-state index contributed by atoms with van der Waals surface area (Å²) in [7, 11) is 3.73. The SMILES string of the molecule is CNC(Cc1ccc(I)cc1)Cc1ccc(OC)cc1. The quantitative estimate of drug-likeness (QED) is 0.771. The lowest BCUT2D eigenvalue weighted by atomic mass is 9.99. The molecule has 0 heterocycles. The van der Waals surface area contributed by atoms with Crippen LogP contribution in [-0.4, -0.2) is 20.2 Å². The minimum Gasteiger partial charge on any atom is -0.497 e. The molecule has 0 aromatic heterocycles. The van der Waals surface area contributed by atoms with Crippen LogP contribution in [-0.2, 0) is 12.8 Å². The molecule has 1 unspecified atom stereocenters. The van der Waals surface area contributed by atoms with Crippen LogP contribution in [0.25, 0.3) is 0 Å². The minimum absolute atomic E-state index is 0.448. The van der Waals surface area contributed by atoms with Gasteiger partial charge < -0.3 is 10.1 Å². The second-order valence-corrected chi connectivity index (χ2v) is 6.11. The van der Waals surface area contributed by atoms with Gasteiger partial charge >= 0.3 is 0 Å². The maximum Gasteiger partial charge on any atom is 0.118 e. The van der Waals surface area contributed by atoms with Crippen LogP contribution >= 0.6 is 22.6 Å². The lowest BCUT2D eigenvalue weighted by molar-refractivity contribution is 0.414. The summed E-state index contributed by atoms with van der Waals surface area (Å²) in [6.45, 7) is 0. The van der Waals surface area contributed by atoms with Crippen molar-refractivity contribution in [2.45, 2.75) is 18.9 Å². The summed E-state index contributed by atoms with van der Waals surface area (Å²) < 4.78 is 6.47. The van der Waals surface area contributed by atoms with Gasteiger partial charge in [0.05, 0.1) is 7.11 Å². The van der Waals surface area contributed by atoms with E-state index in [1.807, 2.05) is 19.2 Å². The van der Waals surface area contributed by atoms with E-state index in [1.54, 1.807) is 7.11 Å². The molecule has 0 aliphatic heterocycles. The van der Waals surface area contributed by atoms with E-state index in [2.05, 4.69) is 64.3 Å². The third kappa shape index (κ3) is 4.49. The van der Waals surface area contributed by atoms with Gasteiger partial charge in [-0.05, 0) is 77.9 Å². The summed E-state index contributed by atoms with van der Waals surface area (Å²) in [5.74, 6) is 0.910. The molecule has 2 rings (SSSR count). The first-order valence-corrected chi connectivity index (χ1v) is 7.84. The van der Waals surface area contributed by atoms with Gasteiger partial charge in [-0.15, -0.1) is 0 Å². The molecule has 0 fully saturated rings. The number of hydrogen-bond acceptors (Lipinski definition) is 2. The predicted octanol–water partition coefficient (Wildman–Crippen LogP) is 3.67. The van der Waals surface area contributed by atoms with E-state index < -0.39 is 0 Å². The highest BCUT2D eigenvalue weighted by atomic mass is 127. The maximum absolute atomic E-state index is 5.19. The Kier molecular flexibility index (Phi) is 5.86. The molecule has 0 spiro atoms. The van der Waals surface area contributed by atoms with Crippen molar-refractivity contribution in [3.8, 4) is 5.75 Å². The summed E-state index contributed by atoms with van der Waals surface area (Å²) >= 11 is 2.34. The molecule has 1 N–H and O–H groups in total. The Morgan fingerprint density at radius 3 is 1.90 bits per heavy atom. The van der Waals surface area contributed by atoms with E-state index in [1.165, 1.54) is 14.7 Å². The molecular formula is C17H20INO. The normalized spacial score (nSPS) is 12.2. The monoisotopic (exact) mass is 381 g/mol. The fourth-order valence-corrected chi connectivity index (χ4v) is 2.59. The molecular weight excluding hydrogens is 361 g/mol.